The van der Waals surface area contributed by atoms with Gasteiger partial charge in [0, 0.05) is 38.0 Å². The van der Waals surface area contributed by atoms with Crippen LogP contribution in [0.1, 0.15) is 11.1 Å². The van der Waals surface area contributed by atoms with Crippen molar-refractivity contribution in [1.29, 1.82) is 10.5 Å². The third-order valence-corrected chi connectivity index (χ3v) is 10.9. The highest BCUT2D eigenvalue weighted by Gasteiger charge is 2.26. The number of hydrogen-bond acceptors (Lipinski definition) is 2. The minimum atomic E-state index is 0.485. The maximum absolute atomic E-state index is 10.9. The van der Waals surface area contributed by atoms with Crippen LogP contribution < -0.4 is 0 Å². The highest BCUT2D eigenvalue weighted by atomic mass is 15.1. The third kappa shape index (κ3) is 3.94. The molecule has 0 aliphatic rings. The van der Waals surface area contributed by atoms with Crippen LogP contribution in [0.15, 0.2) is 164 Å². The van der Waals surface area contributed by atoms with Gasteiger partial charge < -0.3 is 13.7 Å². The molecule has 0 saturated heterocycles. The van der Waals surface area contributed by atoms with Crippen LogP contribution in [0.2, 0.25) is 0 Å². The summed E-state index contributed by atoms with van der Waals surface area (Å²) in [6.45, 7) is 0. The van der Waals surface area contributed by atoms with Gasteiger partial charge >= 0.3 is 0 Å². The normalized spacial score (nSPS) is 11.7. The second-order valence-corrected chi connectivity index (χ2v) is 13.5. The molecule has 0 aliphatic carbocycles. The summed E-state index contributed by atoms with van der Waals surface area (Å²) in [5, 5.41) is 30.6. The largest absolute Gasteiger partial charge is 0.309 e. The zero-order chi connectivity index (χ0) is 35.2. The Morgan fingerprint density at radius 1 is 0.340 bits per heavy atom. The van der Waals surface area contributed by atoms with Crippen LogP contribution in [0.4, 0.5) is 0 Å². The van der Waals surface area contributed by atoms with E-state index in [0.717, 1.165) is 71.1 Å². The van der Waals surface area contributed by atoms with Crippen LogP contribution in [-0.4, -0.2) is 13.7 Å². The summed E-state index contributed by atoms with van der Waals surface area (Å²) in [6, 6.07) is 61.8. The van der Waals surface area contributed by atoms with E-state index in [1.165, 1.54) is 10.8 Å². The molecule has 3 heterocycles. The number of fused-ring (bicyclic) bond motifs is 11. The monoisotopic (exact) mass is 673 g/mol. The maximum atomic E-state index is 10.9. The van der Waals surface area contributed by atoms with Crippen molar-refractivity contribution in [3.8, 4) is 29.2 Å². The molecule has 0 amide bonds. The summed E-state index contributed by atoms with van der Waals surface area (Å²) >= 11 is 0. The van der Waals surface area contributed by atoms with Gasteiger partial charge in [0.1, 0.15) is 12.1 Å². The van der Waals surface area contributed by atoms with E-state index in [4.69, 9.17) is 0 Å². The van der Waals surface area contributed by atoms with Gasteiger partial charge in [-0.3, -0.25) is 0 Å². The molecule has 0 unspecified atom stereocenters. The Morgan fingerprint density at radius 3 is 1.28 bits per heavy atom. The number of hydrogen-bond donors (Lipinski definition) is 0. The van der Waals surface area contributed by atoms with Crippen molar-refractivity contribution in [3.05, 3.63) is 175 Å². The molecule has 0 bridgehead atoms. The minimum absolute atomic E-state index is 0.485. The lowest BCUT2D eigenvalue weighted by Crippen LogP contribution is -2.08. The van der Waals surface area contributed by atoms with E-state index < -0.39 is 0 Å². The van der Waals surface area contributed by atoms with Gasteiger partial charge in [-0.05, 0) is 71.4 Å². The van der Waals surface area contributed by atoms with Crippen LogP contribution in [0, 0.1) is 22.7 Å². The Kier molecular flexibility index (Phi) is 6.02. The van der Waals surface area contributed by atoms with Crippen molar-refractivity contribution in [3.63, 3.8) is 0 Å². The van der Waals surface area contributed by atoms with Gasteiger partial charge in [-0.1, -0.05) is 103 Å². The Morgan fingerprint density at radius 2 is 0.755 bits per heavy atom. The predicted octanol–water partition coefficient (Wildman–Crippen LogP) is 11.9. The van der Waals surface area contributed by atoms with E-state index in [-0.39, 0.29) is 0 Å². The van der Waals surface area contributed by atoms with Crippen molar-refractivity contribution in [2.45, 2.75) is 0 Å². The van der Waals surface area contributed by atoms with E-state index in [1.54, 1.807) is 12.1 Å². The Balaban J connectivity index is 1.32. The molecule has 0 atom stereocenters. The van der Waals surface area contributed by atoms with E-state index in [1.807, 2.05) is 24.3 Å². The Hall–Kier alpha value is -7.60. The molecular formula is C48H27N5. The fourth-order valence-corrected chi connectivity index (χ4v) is 8.74. The van der Waals surface area contributed by atoms with Crippen molar-refractivity contribution in [1.82, 2.24) is 13.7 Å². The number of para-hydroxylation sites is 4. The molecule has 8 aromatic carbocycles. The summed E-state index contributed by atoms with van der Waals surface area (Å²) in [5.41, 5.74) is 9.54. The van der Waals surface area contributed by atoms with Gasteiger partial charge in [-0.2, -0.15) is 10.5 Å². The number of aromatic nitrogens is 3. The first-order valence-corrected chi connectivity index (χ1v) is 17.7. The standard InChI is InChI=1S/C48H27N5/c49-28-31-21-22-32(29-50)48(47(31)52-42-19-9-5-15-37(42)38-16-6-10-20-43(38)52)53-44-26-24-33(27-39(44)46-34-12-2-1-11-30(34)23-25-45(46)53)51-40-17-7-3-13-35(40)36-14-4-8-18-41(36)51/h1-27H. The SMILES string of the molecule is N#Cc1ccc(C#N)c(-n2c3ccc(-n4c5ccccc5c5ccccc54)cc3c3c4ccccc4ccc32)c1-n1c2ccccc2c2ccccc21. The van der Waals surface area contributed by atoms with E-state index >= 15 is 0 Å². The molecule has 5 heteroatoms. The zero-order valence-corrected chi connectivity index (χ0v) is 28.3. The lowest BCUT2D eigenvalue weighted by atomic mass is 10.0. The summed E-state index contributed by atoms with van der Waals surface area (Å²) in [5.74, 6) is 0. The summed E-state index contributed by atoms with van der Waals surface area (Å²) < 4.78 is 6.73. The average Bonchev–Trinajstić information content (AvgIpc) is 3.86. The molecular weight excluding hydrogens is 647 g/mol. The van der Waals surface area contributed by atoms with Crippen LogP contribution >= 0.6 is 0 Å². The lowest BCUT2D eigenvalue weighted by Gasteiger charge is -2.19. The quantitative estimate of drug-likeness (QED) is 0.187. The first-order chi connectivity index (χ1) is 26.2. The number of rotatable bonds is 3. The topological polar surface area (TPSA) is 62.4 Å². The smallest absolute Gasteiger partial charge is 0.101 e. The lowest BCUT2D eigenvalue weighted by molar-refractivity contribution is 1.08. The van der Waals surface area contributed by atoms with Gasteiger partial charge in [0.25, 0.3) is 0 Å². The molecule has 0 saturated carbocycles. The fourth-order valence-electron chi connectivity index (χ4n) is 8.74. The molecule has 53 heavy (non-hydrogen) atoms. The van der Waals surface area contributed by atoms with Gasteiger partial charge in [0.15, 0.2) is 0 Å². The van der Waals surface area contributed by atoms with Gasteiger partial charge in [-0.15, -0.1) is 0 Å². The van der Waals surface area contributed by atoms with Crippen LogP contribution in [0.25, 0.3) is 93.3 Å². The highest BCUT2D eigenvalue weighted by molar-refractivity contribution is 6.22. The first-order valence-electron chi connectivity index (χ1n) is 17.7. The van der Waals surface area contributed by atoms with Crippen molar-refractivity contribution >= 4 is 76.2 Å². The molecule has 0 N–H and O–H groups in total. The summed E-state index contributed by atoms with van der Waals surface area (Å²) in [4.78, 5) is 0. The molecule has 3 aromatic heterocycles. The molecule has 0 radical (unpaired) electrons. The van der Waals surface area contributed by atoms with Crippen LogP contribution in [0.5, 0.6) is 0 Å². The van der Waals surface area contributed by atoms with E-state index in [0.29, 0.717) is 22.5 Å². The number of nitrogens with zero attached hydrogens (tertiary/aromatic N) is 5. The predicted molar refractivity (Wildman–Crippen MR) is 216 cm³/mol. The first kappa shape index (κ1) is 29.2. The Labute approximate surface area is 303 Å². The third-order valence-electron chi connectivity index (χ3n) is 10.9. The summed E-state index contributed by atoms with van der Waals surface area (Å²) in [7, 11) is 0. The minimum Gasteiger partial charge on any atom is -0.309 e. The molecule has 5 nitrogen and oxygen atoms in total. The fraction of sp³-hybridized carbons (Fsp3) is 0. The second-order valence-electron chi connectivity index (χ2n) is 13.5. The zero-order valence-electron chi connectivity index (χ0n) is 28.3. The second kappa shape index (κ2) is 10.9. The number of benzene rings is 8. The molecule has 11 aromatic rings. The summed E-state index contributed by atoms with van der Waals surface area (Å²) in [6.07, 6.45) is 0. The Bertz CT molecular complexity index is 3320. The number of nitriles is 2. The van der Waals surface area contributed by atoms with Gasteiger partial charge in [0.05, 0.1) is 55.6 Å². The van der Waals surface area contributed by atoms with Crippen molar-refractivity contribution in [2.75, 3.05) is 0 Å². The van der Waals surface area contributed by atoms with Gasteiger partial charge in [0.2, 0.25) is 0 Å². The molecule has 244 valence electrons. The van der Waals surface area contributed by atoms with Crippen molar-refractivity contribution in [2.24, 2.45) is 0 Å². The molecule has 0 spiro atoms. The molecule has 11 rings (SSSR count). The molecule has 0 fully saturated rings. The molecule has 0 aliphatic heterocycles. The van der Waals surface area contributed by atoms with Crippen LogP contribution in [0.3, 0.4) is 0 Å². The van der Waals surface area contributed by atoms with E-state index in [9.17, 15) is 10.5 Å². The van der Waals surface area contributed by atoms with Gasteiger partial charge in [-0.25, -0.2) is 0 Å². The van der Waals surface area contributed by atoms with Crippen molar-refractivity contribution < 1.29 is 0 Å². The highest BCUT2D eigenvalue weighted by Crippen LogP contribution is 2.43. The average molecular weight is 674 g/mol. The maximum Gasteiger partial charge on any atom is 0.101 e. The van der Waals surface area contributed by atoms with E-state index in [2.05, 4.69) is 153 Å². The van der Waals surface area contributed by atoms with Crippen LogP contribution in [-0.2, 0) is 0 Å².